The van der Waals surface area contributed by atoms with Crippen LogP contribution in [0.4, 0.5) is 5.69 Å². The first-order valence-corrected chi connectivity index (χ1v) is 10.7. The SMILES string of the molecule is O=C(O)c1cc(N2C(=O)CCCC2C2CCCCC2)c(-c2ccccc2)s1. The summed E-state index contributed by atoms with van der Waals surface area (Å²) in [6.07, 6.45) is 8.60. The van der Waals surface area contributed by atoms with Crippen LogP contribution in [-0.2, 0) is 4.79 Å². The molecule has 0 radical (unpaired) electrons. The summed E-state index contributed by atoms with van der Waals surface area (Å²) in [5, 5.41) is 9.56. The van der Waals surface area contributed by atoms with Crippen molar-refractivity contribution in [2.24, 2.45) is 5.92 Å². The second kappa shape index (κ2) is 7.85. The number of piperidine rings is 1. The topological polar surface area (TPSA) is 57.6 Å². The van der Waals surface area contributed by atoms with Crippen LogP contribution in [0, 0.1) is 5.92 Å². The van der Waals surface area contributed by atoms with Gasteiger partial charge in [-0.05, 0) is 43.2 Å². The number of benzene rings is 1. The number of anilines is 1. The third kappa shape index (κ3) is 3.65. The molecule has 1 aliphatic carbocycles. The molecule has 2 aromatic rings. The quantitative estimate of drug-likeness (QED) is 0.750. The molecule has 2 fully saturated rings. The molecule has 0 bridgehead atoms. The molecule has 1 atom stereocenters. The molecule has 0 spiro atoms. The Labute approximate surface area is 163 Å². The van der Waals surface area contributed by atoms with Gasteiger partial charge in [0.05, 0.1) is 10.6 Å². The Morgan fingerprint density at radius 2 is 1.78 bits per heavy atom. The monoisotopic (exact) mass is 383 g/mol. The van der Waals surface area contributed by atoms with Gasteiger partial charge in [-0.3, -0.25) is 4.79 Å². The predicted octanol–water partition coefficient (Wildman–Crippen LogP) is 5.58. The van der Waals surface area contributed by atoms with Crippen molar-refractivity contribution >= 4 is 28.9 Å². The molecule has 27 heavy (non-hydrogen) atoms. The van der Waals surface area contributed by atoms with Crippen LogP contribution in [0.15, 0.2) is 36.4 Å². The third-order valence-corrected chi connectivity index (χ3v) is 7.06. The second-order valence-corrected chi connectivity index (χ2v) is 8.67. The molecular weight excluding hydrogens is 358 g/mol. The Balaban J connectivity index is 1.78. The van der Waals surface area contributed by atoms with E-state index in [1.54, 1.807) is 6.07 Å². The van der Waals surface area contributed by atoms with Crippen molar-refractivity contribution in [2.75, 3.05) is 4.90 Å². The average molecular weight is 384 g/mol. The fourth-order valence-corrected chi connectivity index (χ4v) is 5.63. The number of carboxylic acid groups (broad SMARTS) is 1. The van der Waals surface area contributed by atoms with Crippen molar-refractivity contribution in [1.29, 1.82) is 0 Å². The van der Waals surface area contributed by atoms with E-state index in [9.17, 15) is 14.7 Å². The molecule has 1 saturated heterocycles. The lowest BCUT2D eigenvalue weighted by atomic mass is 9.79. The zero-order valence-corrected chi connectivity index (χ0v) is 16.2. The van der Waals surface area contributed by atoms with Crippen LogP contribution in [0.1, 0.15) is 61.0 Å². The molecule has 1 aromatic heterocycles. The molecule has 5 heteroatoms. The van der Waals surface area contributed by atoms with E-state index in [4.69, 9.17) is 0 Å². The Kier molecular flexibility index (Phi) is 5.30. The summed E-state index contributed by atoms with van der Waals surface area (Å²) in [6.45, 7) is 0. The van der Waals surface area contributed by atoms with Gasteiger partial charge in [-0.1, -0.05) is 49.6 Å². The largest absolute Gasteiger partial charge is 0.477 e. The summed E-state index contributed by atoms with van der Waals surface area (Å²) in [7, 11) is 0. The number of thiophene rings is 1. The van der Waals surface area contributed by atoms with Gasteiger partial charge in [-0.2, -0.15) is 0 Å². The van der Waals surface area contributed by atoms with Crippen molar-refractivity contribution < 1.29 is 14.7 Å². The van der Waals surface area contributed by atoms with Gasteiger partial charge in [-0.25, -0.2) is 4.79 Å². The molecule has 1 aromatic carbocycles. The third-order valence-electron chi connectivity index (χ3n) is 5.90. The highest BCUT2D eigenvalue weighted by molar-refractivity contribution is 7.18. The van der Waals surface area contributed by atoms with Crippen molar-refractivity contribution in [1.82, 2.24) is 0 Å². The molecule has 2 heterocycles. The Bertz CT molecular complexity index is 823. The summed E-state index contributed by atoms with van der Waals surface area (Å²) in [4.78, 5) is 27.8. The number of aromatic carboxylic acids is 1. The number of amides is 1. The highest BCUT2D eigenvalue weighted by Gasteiger charge is 2.37. The van der Waals surface area contributed by atoms with Crippen molar-refractivity contribution in [2.45, 2.75) is 57.4 Å². The number of carbonyl (C=O) groups is 2. The number of rotatable bonds is 4. The van der Waals surface area contributed by atoms with E-state index in [1.165, 1.54) is 43.4 Å². The van der Waals surface area contributed by atoms with Gasteiger partial charge in [0.25, 0.3) is 0 Å². The first-order chi connectivity index (χ1) is 13.1. The van der Waals surface area contributed by atoms with Crippen LogP contribution in [0.5, 0.6) is 0 Å². The zero-order valence-electron chi connectivity index (χ0n) is 15.4. The first kappa shape index (κ1) is 18.2. The molecular formula is C22H25NO3S. The van der Waals surface area contributed by atoms with Gasteiger partial charge in [-0.15, -0.1) is 11.3 Å². The Hall–Kier alpha value is -2.14. The van der Waals surface area contributed by atoms with Crippen molar-refractivity contribution in [3.05, 3.63) is 41.3 Å². The maximum Gasteiger partial charge on any atom is 0.345 e. The highest BCUT2D eigenvalue weighted by atomic mass is 32.1. The summed E-state index contributed by atoms with van der Waals surface area (Å²) in [5.41, 5.74) is 1.77. The minimum Gasteiger partial charge on any atom is -0.477 e. The van der Waals surface area contributed by atoms with E-state index < -0.39 is 5.97 Å². The summed E-state index contributed by atoms with van der Waals surface area (Å²) in [5.74, 6) is -0.259. The van der Waals surface area contributed by atoms with Crippen LogP contribution in [-0.4, -0.2) is 23.0 Å². The van der Waals surface area contributed by atoms with E-state index in [0.717, 1.165) is 29.0 Å². The van der Waals surface area contributed by atoms with Crippen LogP contribution in [0.25, 0.3) is 10.4 Å². The standard InChI is InChI=1S/C22H25NO3S/c24-20-13-7-12-17(15-8-3-1-4-9-15)23(20)18-14-19(22(25)26)27-21(18)16-10-5-2-6-11-16/h2,5-6,10-11,14-15,17H,1,3-4,7-9,12-13H2,(H,25,26). The maximum atomic E-state index is 13.0. The van der Waals surface area contributed by atoms with Gasteiger partial charge in [0.15, 0.2) is 0 Å². The summed E-state index contributed by atoms with van der Waals surface area (Å²) >= 11 is 1.27. The van der Waals surface area contributed by atoms with Gasteiger partial charge < -0.3 is 10.0 Å². The molecule has 2 aliphatic rings. The molecule has 1 unspecified atom stereocenters. The number of hydrogen-bond acceptors (Lipinski definition) is 3. The van der Waals surface area contributed by atoms with E-state index >= 15 is 0 Å². The molecule has 1 amide bonds. The fraction of sp³-hybridized carbons (Fsp3) is 0.455. The van der Waals surface area contributed by atoms with Crippen LogP contribution in [0.2, 0.25) is 0 Å². The smallest absolute Gasteiger partial charge is 0.345 e. The highest BCUT2D eigenvalue weighted by Crippen LogP contribution is 2.44. The number of carboxylic acids is 1. The maximum absolute atomic E-state index is 13.0. The number of nitrogens with zero attached hydrogens (tertiary/aromatic N) is 1. The molecule has 4 nitrogen and oxygen atoms in total. The first-order valence-electron chi connectivity index (χ1n) is 9.90. The second-order valence-electron chi connectivity index (χ2n) is 7.62. The van der Waals surface area contributed by atoms with Crippen LogP contribution in [0.3, 0.4) is 0 Å². The Morgan fingerprint density at radius 1 is 1.04 bits per heavy atom. The summed E-state index contributed by atoms with van der Waals surface area (Å²) < 4.78 is 0. The number of carbonyl (C=O) groups excluding carboxylic acids is 1. The van der Waals surface area contributed by atoms with Gasteiger partial charge in [0, 0.05) is 12.5 Å². The zero-order chi connectivity index (χ0) is 18.8. The minimum absolute atomic E-state index is 0.142. The lowest BCUT2D eigenvalue weighted by Crippen LogP contribution is -2.48. The van der Waals surface area contributed by atoms with Gasteiger partial charge >= 0.3 is 5.97 Å². The molecule has 1 aliphatic heterocycles. The van der Waals surface area contributed by atoms with Crippen LogP contribution < -0.4 is 4.90 Å². The lowest BCUT2D eigenvalue weighted by Gasteiger charge is -2.42. The molecule has 4 rings (SSSR count). The van der Waals surface area contributed by atoms with E-state index in [-0.39, 0.29) is 11.9 Å². The average Bonchev–Trinajstić information content (AvgIpc) is 3.14. The Morgan fingerprint density at radius 3 is 2.48 bits per heavy atom. The van der Waals surface area contributed by atoms with Crippen molar-refractivity contribution in [3.8, 4) is 10.4 Å². The summed E-state index contributed by atoms with van der Waals surface area (Å²) in [6, 6.07) is 11.8. The minimum atomic E-state index is -0.929. The van der Waals surface area contributed by atoms with E-state index in [0.29, 0.717) is 17.2 Å². The van der Waals surface area contributed by atoms with E-state index in [1.807, 2.05) is 35.2 Å². The van der Waals surface area contributed by atoms with Gasteiger partial charge in [0.2, 0.25) is 5.91 Å². The van der Waals surface area contributed by atoms with E-state index in [2.05, 4.69) is 0 Å². The molecule has 1 saturated carbocycles. The lowest BCUT2D eigenvalue weighted by molar-refractivity contribution is -0.120. The van der Waals surface area contributed by atoms with Crippen molar-refractivity contribution in [3.63, 3.8) is 0 Å². The molecule has 142 valence electrons. The van der Waals surface area contributed by atoms with Gasteiger partial charge in [0.1, 0.15) is 4.88 Å². The van der Waals surface area contributed by atoms with Crippen LogP contribution >= 0.6 is 11.3 Å². The number of hydrogen-bond donors (Lipinski definition) is 1. The predicted molar refractivity (Wildman–Crippen MR) is 108 cm³/mol. The fourth-order valence-electron chi connectivity index (χ4n) is 4.64. The molecule has 1 N–H and O–H groups in total. The normalized spacial score (nSPS) is 21.4.